The van der Waals surface area contributed by atoms with Gasteiger partial charge in [-0.2, -0.15) is 4.79 Å². The van der Waals surface area contributed by atoms with Gasteiger partial charge in [0.15, 0.2) is 0 Å². The van der Waals surface area contributed by atoms with E-state index in [1.165, 1.54) is 22.5 Å². The average Bonchev–Trinajstić information content (AvgIpc) is 3.27. The van der Waals surface area contributed by atoms with Gasteiger partial charge in [0.1, 0.15) is 23.2 Å². The van der Waals surface area contributed by atoms with E-state index in [9.17, 15) is 15.1 Å². The standard InChI is InChI=1S/C33H32N4O4/c1-3-36-11-5-7-19-13-24-28(16-26(19)36)41-29-17-27-20(8-6-12-37(27)4-2)14-25(29)30(24)31-23-15-21(40-18-38)9-10-22(23)33(39)32(31)35-34/h9-10,13-18,30-31H,3-8,11-12H2,1-2H3. The minimum Gasteiger partial charge on any atom is -0.457 e. The molecule has 0 saturated heterocycles. The fraction of sp³-hybridized carbons (Fsp3) is 0.364. The topological polar surface area (TPSA) is 95.5 Å². The SMILES string of the molecule is CCN1CCCc2cc3c(cc21)Oc1cc2c(cc1C3C1C(=[N+]=[N-])C(=O)c3ccc(OC=O)cc31)CCCN2CC. The fourth-order valence-corrected chi connectivity index (χ4v) is 7.39. The summed E-state index contributed by atoms with van der Waals surface area (Å²) in [6.07, 6.45) is 4.07. The van der Waals surface area contributed by atoms with Crippen LogP contribution in [0.15, 0.2) is 42.5 Å². The van der Waals surface area contributed by atoms with E-state index >= 15 is 0 Å². The molecular weight excluding hydrogens is 516 g/mol. The van der Waals surface area contributed by atoms with Gasteiger partial charge in [-0.15, -0.1) is 0 Å². The summed E-state index contributed by atoms with van der Waals surface area (Å²) in [5.41, 5.74) is 18.3. The maximum absolute atomic E-state index is 13.6. The molecule has 4 aliphatic rings. The summed E-state index contributed by atoms with van der Waals surface area (Å²) in [5.74, 6) is 0.645. The Kier molecular flexibility index (Phi) is 6.16. The van der Waals surface area contributed by atoms with Crippen molar-refractivity contribution in [2.75, 3.05) is 36.0 Å². The number of benzene rings is 3. The van der Waals surface area contributed by atoms with Crippen LogP contribution in [0.2, 0.25) is 0 Å². The smallest absolute Gasteiger partial charge is 0.347 e. The van der Waals surface area contributed by atoms with E-state index in [4.69, 9.17) is 9.47 Å². The number of carbonyl (C=O) groups excluding carboxylic acids is 2. The van der Waals surface area contributed by atoms with Crippen molar-refractivity contribution < 1.29 is 23.9 Å². The second kappa shape index (κ2) is 9.89. The van der Waals surface area contributed by atoms with Crippen molar-refractivity contribution >= 4 is 29.3 Å². The molecule has 8 heteroatoms. The average molecular weight is 549 g/mol. The first kappa shape index (κ1) is 25.5. The van der Waals surface area contributed by atoms with Gasteiger partial charge in [-0.1, -0.05) is 0 Å². The monoisotopic (exact) mass is 548 g/mol. The van der Waals surface area contributed by atoms with Gasteiger partial charge in [-0.05, 0) is 86.6 Å². The Balaban J connectivity index is 1.49. The Morgan fingerprint density at radius 1 is 0.902 bits per heavy atom. The molecule has 1 aliphatic carbocycles. The van der Waals surface area contributed by atoms with E-state index in [1.807, 2.05) is 0 Å². The highest BCUT2D eigenvalue weighted by atomic mass is 16.5. The zero-order valence-corrected chi connectivity index (χ0v) is 23.4. The zero-order valence-electron chi connectivity index (χ0n) is 23.4. The lowest BCUT2D eigenvalue weighted by molar-refractivity contribution is -0.120. The van der Waals surface area contributed by atoms with E-state index in [2.05, 4.69) is 52.7 Å². The number of anilines is 2. The van der Waals surface area contributed by atoms with Crippen molar-refractivity contribution in [3.8, 4) is 17.2 Å². The molecule has 0 saturated carbocycles. The summed E-state index contributed by atoms with van der Waals surface area (Å²) < 4.78 is 11.9. The van der Waals surface area contributed by atoms with Gasteiger partial charge in [-0.25, -0.2) is 0 Å². The number of Topliss-reactive ketones (excluding diaryl/α,β-unsaturated/α-hetero) is 1. The van der Waals surface area contributed by atoms with Crippen LogP contribution in [0.1, 0.15) is 76.7 Å². The van der Waals surface area contributed by atoms with Crippen molar-refractivity contribution in [1.82, 2.24) is 0 Å². The maximum Gasteiger partial charge on any atom is 0.347 e. The molecule has 0 radical (unpaired) electrons. The lowest BCUT2D eigenvalue weighted by Gasteiger charge is -2.37. The van der Waals surface area contributed by atoms with Crippen LogP contribution in [0.25, 0.3) is 5.53 Å². The summed E-state index contributed by atoms with van der Waals surface area (Å²) >= 11 is 0. The second-order valence-corrected chi connectivity index (χ2v) is 11.2. The van der Waals surface area contributed by atoms with Gasteiger partial charge in [0.05, 0.1) is 0 Å². The van der Waals surface area contributed by atoms with Crippen molar-refractivity contribution in [3.05, 3.63) is 81.4 Å². The third-order valence-electron chi connectivity index (χ3n) is 9.26. The van der Waals surface area contributed by atoms with E-state index in [1.54, 1.807) is 18.2 Å². The van der Waals surface area contributed by atoms with Crippen LogP contribution < -0.4 is 19.3 Å². The van der Waals surface area contributed by atoms with Crippen LogP contribution in [0.3, 0.4) is 0 Å². The quantitative estimate of drug-likeness (QED) is 0.232. The van der Waals surface area contributed by atoms with Crippen molar-refractivity contribution in [3.63, 3.8) is 0 Å². The molecular formula is C33H32N4O4. The molecule has 7 rings (SSSR count). The molecule has 8 nitrogen and oxygen atoms in total. The maximum atomic E-state index is 13.6. The minimum absolute atomic E-state index is 0.0906. The van der Waals surface area contributed by atoms with Gasteiger partial charge in [0.25, 0.3) is 12.3 Å². The highest BCUT2D eigenvalue weighted by molar-refractivity contribution is 6.49. The number of ether oxygens (including phenoxy) is 2. The lowest BCUT2D eigenvalue weighted by Crippen LogP contribution is -2.31. The molecule has 0 amide bonds. The van der Waals surface area contributed by atoms with Crippen LogP contribution in [0.5, 0.6) is 17.2 Å². The molecule has 3 aromatic rings. The summed E-state index contributed by atoms with van der Waals surface area (Å²) in [7, 11) is 0. The third kappa shape index (κ3) is 3.89. The Morgan fingerprint density at radius 2 is 1.51 bits per heavy atom. The largest absolute Gasteiger partial charge is 0.457 e. The number of rotatable bonds is 5. The van der Waals surface area contributed by atoms with Gasteiger partial charge in [0.2, 0.25) is 0 Å². The first-order chi connectivity index (χ1) is 20.1. The number of nitrogens with zero attached hydrogens (tertiary/aromatic N) is 4. The minimum atomic E-state index is -0.577. The van der Waals surface area contributed by atoms with Gasteiger partial charge >= 0.3 is 5.71 Å². The highest BCUT2D eigenvalue weighted by Gasteiger charge is 2.51. The number of hydrogen-bond donors (Lipinski definition) is 0. The lowest BCUT2D eigenvalue weighted by atomic mass is 9.74. The Morgan fingerprint density at radius 3 is 2.05 bits per heavy atom. The van der Waals surface area contributed by atoms with E-state index in [-0.39, 0.29) is 17.4 Å². The van der Waals surface area contributed by atoms with Crippen LogP contribution in [0, 0.1) is 0 Å². The molecule has 208 valence electrons. The Hall–Kier alpha value is -4.42. The molecule has 0 spiro atoms. The molecule has 0 aromatic heterocycles. The van der Waals surface area contributed by atoms with Gasteiger partial charge in [-0.3, -0.25) is 9.59 Å². The van der Waals surface area contributed by atoms with Crippen LogP contribution in [0.4, 0.5) is 11.4 Å². The van der Waals surface area contributed by atoms with Crippen molar-refractivity contribution in [2.45, 2.75) is 51.4 Å². The van der Waals surface area contributed by atoms with E-state index < -0.39 is 5.92 Å². The summed E-state index contributed by atoms with van der Waals surface area (Å²) in [6.45, 7) is 8.56. The molecule has 1 atom stereocenters. The zero-order chi connectivity index (χ0) is 28.2. The van der Waals surface area contributed by atoms with Crippen molar-refractivity contribution in [1.29, 1.82) is 0 Å². The number of ketones is 1. The summed E-state index contributed by atoms with van der Waals surface area (Å²) in [4.78, 5) is 33.1. The highest BCUT2D eigenvalue weighted by Crippen LogP contribution is 2.56. The third-order valence-corrected chi connectivity index (χ3v) is 9.26. The van der Waals surface area contributed by atoms with Gasteiger partial charge in [0, 0.05) is 72.3 Å². The first-order valence-electron chi connectivity index (χ1n) is 14.6. The van der Waals surface area contributed by atoms with Crippen LogP contribution in [-0.4, -0.2) is 48.9 Å². The molecule has 1 unspecified atom stereocenters. The molecule has 0 fully saturated rings. The molecule has 3 aromatic carbocycles. The summed E-state index contributed by atoms with van der Waals surface area (Å²) in [6, 6.07) is 13.8. The Labute approximate surface area is 239 Å². The number of aryl methyl sites for hydroxylation is 2. The molecule has 0 bridgehead atoms. The number of carbonyl (C=O) groups is 2. The number of hydrogen-bond acceptors (Lipinski definition) is 6. The Bertz CT molecular complexity index is 1590. The normalized spacial score (nSPS) is 18.9. The first-order valence-corrected chi connectivity index (χ1v) is 14.6. The second-order valence-electron chi connectivity index (χ2n) is 11.2. The molecule has 3 aliphatic heterocycles. The van der Waals surface area contributed by atoms with Gasteiger partial charge < -0.3 is 24.8 Å². The van der Waals surface area contributed by atoms with Crippen LogP contribution >= 0.6 is 0 Å². The molecule has 41 heavy (non-hydrogen) atoms. The number of fused-ring (bicyclic) bond motifs is 5. The van der Waals surface area contributed by atoms with E-state index in [0.29, 0.717) is 23.3 Å². The van der Waals surface area contributed by atoms with Crippen LogP contribution in [-0.2, 0) is 17.6 Å². The van der Waals surface area contributed by atoms with E-state index in [0.717, 1.165) is 74.5 Å². The summed E-state index contributed by atoms with van der Waals surface area (Å²) in [5, 5.41) is 0. The molecule has 3 heterocycles. The predicted molar refractivity (Wildman–Crippen MR) is 156 cm³/mol. The molecule has 0 N–H and O–H groups in total. The fourth-order valence-electron chi connectivity index (χ4n) is 7.39. The van der Waals surface area contributed by atoms with Crippen molar-refractivity contribution in [2.24, 2.45) is 0 Å². The predicted octanol–water partition coefficient (Wildman–Crippen LogP) is 5.66.